The average Bonchev–Trinajstić information content (AvgIpc) is 2.76. The lowest BCUT2D eigenvalue weighted by molar-refractivity contribution is -0.141. The number of amides is 1. The average molecular weight is 253 g/mol. The lowest BCUT2D eigenvalue weighted by Gasteiger charge is -2.07. The molecule has 1 amide bonds. The Balaban J connectivity index is 1.99. The van der Waals surface area contributed by atoms with Crippen LogP contribution in [0.1, 0.15) is 12.6 Å². The minimum absolute atomic E-state index is 0.0893. The second kappa shape index (κ2) is 4.54. The Labute approximate surface area is 101 Å². The summed E-state index contributed by atoms with van der Waals surface area (Å²) in [4.78, 5) is 27.1. The molecule has 7 heteroatoms. The van der Waals surface area contributed by atoms with Gasteiger partial charge in [0, 0.05) is 17.8 Å². The van der Waals surface area contributed by atoms with Gasteiger partial charge in [0.1, 0.15) is 6.04 Å². The number of carbonyl (C=O) groups excluding carboxylic acids is 1. The molecule has 6 nitrogen and oxygen atoms in total. The maximum absolute atomic E-state index is 11.5. The van der Waals surface area contributed by atoms with Gasteiger partial charge in [-0.05, 0) is 6.92 Å². The van der Waals surface area contributed by atoms with E-state index >= 15 is 0 Å². The quantitative estimate of drug-likeness (QED) is 0.832. The zero-order chi connectivity index (χ0) is 12.4. The molecular weight excluding hydrogens is 242 g/mol. The van der Waals surface area contributed by atoms with Crippen LogP contribution < -0.4 is 5.32 Å². The molecule has 0 fully saturated rings. The molecule has 0 aliphatic rings. The number of carboxylic acids is 1. The number of carboxylic acid groups (broad SMARTS) is 1. The van der Waals surface area contributed by atoms with Gasteiger partial charge in [0.25, 0.3) is 0 Å². The molecule has 0 spiro atoms. The predicted octanol–water partition coefficient (Wildman–Crippen LogP) is 0.528. The second-order valence-corrected chi connectivity index (χ2v) is 4.50. The molecule has 90 valence electrons. The van der Waals surface area contributed by atoms with E-state index in [-0.39, 0.29) is 12.3 Å². The Bertz CT molecular complexity index is 531. The smallest absolute Gasteiger partial charge is 0.325 e. The monoisotopic (exact) mass is 253 g/mol. The minimum atomic E-state index is -1.05. The summed E-state index contributed by atoms with van der Waals surface area (Å²) in [5, 5.41) is 12.9. The molecule has 0 radical (unpaired) electrons. The van der Waals surface area contributed by atoms with E-state index in [1.807, 2.05) is 16.0 Å². The van der Waals surface area contributed by atoms with E-state index in [0.717, 1.165) is 4.96 Å². The van der Waals surface area contributed by atoms with Gasteiger partial charge in [-0.1, -0.05) is 0 Å². The van der Waals surface area contributed by atoms with Crippen molar-refractivity contribution >= 4 is 28.2 Å². The van der Waals surface area contributed by atoms with E-state index in [0.29, 0.717) is 5.69 Å². The maximum Gasteiger partial charge on any atom is 0.325 e. The van der Waals surface area contributed by atoms with Crippen molar-refractivity contribution in [2.24, 2.45) is 0 Å². The fraction of sp³-hybridized carbons (Fsp3) is 0.300. The molecule has 17 heavy (non-hydrogen) atoms. The van der Waals surface area contributed by atoms with Crippen LogP contribution in [0.25, 0.3) is 4.96 Å². The Kier molecular flexibility index (Phi) is 3.10. The van der Waals surface area contributed by atoms with Crippen molar-refractivity contribution in [3.63, 3.8) is 0 Å². The van der Waals surface area contributed by atoms with Crippen LogP contribution in [0.2, 0.25) is 0 Å². The number of thiazole rings is 1. The van der Waals surface area contributed by atoms with E-state index < -0.39 is 12.0 Å². The third-order valence-electron chi connectivity index (χ3n) is 2.23. The van der Waals surface area contributed by atoms with Crippen molar-refractivity contribution in [2.45, 2.75) is 19.4 Å². The summed E-state index contributed by atoms with van der Waals surface area (Å²) in [7, 11) is 0. The van der Waals surface area contributed by atoms with Crippen LogP contribution in [0.15, 0.2) is 17.8 Å². The van der Waals surface area contributed by atoms with Crippen molar-refractivity contribution < 1.29 is 14.7 Å². The number of carbonyl (C=O) groups is 2. The Hall–Kier alpha value is -1.89. The fourth-order valence-electron chi connectivity index (χ4n) is 1.38. The van der Waals surface area contributed by atoms with Crippen LogP contribution in [0.4, 0.5) is 0 Å². The zero-order valence-corrected chi connectivity index (χ0v) is 9.90. The zero-order valence-electron chi connectivity index (χ0n) is 9.08. The lowest BCUT2D eigenvalue weighted by Crippen LogP contribution is -2.39. The molecule has 2 heterocycles. The number of hydrogen-bond donors (Lipinski definition) is 2. The van der Waals surface area contributed by atoms with E-state index in [1.165, 1.54) is 18.3 Å². The van der Waals surface area contributed by atoms with E-state index in [4.69, 9.17) is 5.11 Å². The molecule has 0 unspecified atom stereocenters. The highest BCUT2D eigenvalue weighted by Gasteiger charge is 2.15. The molecular formula is C10H11N3O3S. The van der Waals surface area contributed by atoms with Gasteiger partial charge >= 0.3 is 5.97 Å². The molecule has 2 aromatic rings. The Morgan fingerprint density at radius 1 is 1.65 bits per heavy atom. The van der Waals surface area contributed by atoms with E-state index in [2.05, 4.69) is 10.3 Å². The Morgan fingerprint density at radius 3 is 3.06 bits per heavy atom. The number of aliphatic carboxylic acids is 1. The van der Waals surface area contributed by atoms with Crippen molar-refractivity contribution in [3.05, 3.63) is 23.5 Å². The van der Waals surface area contributed by atoms with Crippen LogP contribution in [-0.2, 0) is 16.0 Å². The van der Waals surface area contributed by atoms with E-state index in [1.54, 1.807) is 6.20 Å². The van der Waals surface area contributed by atoms with Crippen molar-refractivity contribution in [3.8, 4) is 0 Å². The second-order valence-electron chi connectivity index (χ2n) is 3.63. The molecule has 2 aromatic heterocycles. The fourth-order valence-corrected chi connectivity index (χ4v) is 2.10. The summed E-state index contributed by atoms with van der Waals surface area (Å²) in [5.41, 5.74) is 0.631. The first-order valence-electron chi connectivity index (χ1n) is 4.99. The summed E-state index contributed by atoms with van der Waals surface area (Å²) in [5.74, 6) is -1.39. The number of nitrogens with zero attached hydrogens (tertiary/aromatic N) is 2. The van der Waals surface area contributed by atoms with Gasteiger partial charge in [0.2, 0.25) is 5.91 Å². The third kappa shape index (κ3) is 2.62. The number of hydrogen-bond acceptors (Lipinski definition) is 4. The number of nitrogens with one attached hydrogen (secondary N) is 1. The molecule has 2 rings (SSSR count). The molecule has 0 aliphatic carbocycles. The first kappa shape index (κ1) is 11.6. The number of rotatable bonds is 4. The van der Waals surface area contributed by atoms with Gasteiger partial charge in [-0.15, -0.1) is 11.3 Å². The Morgan fingerprint density at radius 2 is 2.41 bits per heavy atom. The van der Waals surface area contributed by atoms with Crippen LogP contribution in [0, 0.1) is 0 Å². The highest BCUT2D eigenvalue weighted by molar-refractivity contribution is 7.15. The highest BCUT2D eigenvalue weighted by atomic mass is 32.1. The number of aromatic nitrogens is 2. The van der Waals surface area contributed by atoms with Gasteiger partial charge in [-0.25, -0.2) is 4.98 Å². The summed E-state index contributed by atoms with van der Waals surface area (Å²) < 4.78 is 1.83. The summed E-state index contributed by atoms with van der Waals surface area (Å²) in [6.07, 6.45) is 3.71. The first-order chi connectivity index (χ1) is 8.06. The van der Waals surface area contributed by atoms with Gasteiger partial charge in [-0.3, -0.25) is 14.0 Å². The van der Waals surface area contributed by atoms with Crippen molar-refractivity contribution in [1.29, 1.82) is 0 Å². The van der Waals surface area contributed by atoms with Crippen LogP contribution in [0.5, 0.6) is 0 Å². The third-order valence-corrected chi connectivity index (χ3v) is 3.00. The minimum Gasteiger partial charge on any atom is -0.480 e. The van der Waals surface area contributed by atoms with Crippen LogP contribution in [0.3, 0.4) is 0 Å². The van der Waals surface area contributed by atoms with Crippen molar-refractivity contribution in [1.82, 2.24) is 14.7 Å². The molecule has 2 N–H and O–H groups in total. The molecule has 1 atom stereocenters. The van der Waals surface area contributed by atoms with Crippen LogP contribution in [-0.4, -0.2) is 32.4 Å². The normalized spacial score (nSPS) is 12.5. The standard InChI is InChI=1S/C10H11N3O3S/c1-6(9(15)16)11-8(14)4-7-5-13-2-3-17-10(13)12-7/h2-3,5-6H,4H2,1H3,(H,11,14)(H,15,16)/t6-/m1/s1. The topological polar surface area (TPSA) is 83.7 Å². The van der Waals surface area contributed by atoms with Gasteiger partial charge < -0.3 is 10.4 Å². The SMILES string of the molecule is C[C@@H](NC(=O)Cc1cn2ccsc2n1)C(=O)O. The van der Waals surface area contributed by atoms with Gasteiger partial charge in [-0.2, -0.15) is 0 Å². The first-order valence-corrected chi connectivity index (χ1v) is 5.87. The molecule has 0 saturated heterocycles. The number of fused-ring (bicyclic) bond motifs is 1. The molecule has 0 aliphatic heterocycles. The molecule has 0 saturated carbocycles. The van der Waals surface area contributed by atoms with Crippen LogP contribution >= 0.6 is 11.3 Å². The van der Waals surface area contributed by atoms with E-state index in [9.17, 15) is 9.59 Å². The maximum atomic E-state index is 11.5. The highest BCUT2D eigenvalue weighted by Crippen LogP contribution is 2.11. The molecule has 0 bridgehead atoms. The van der Waals surface area contributed by atoms with Gasteiger partial charge in [0.15, 0.2) is 4.96 Å². The molecule has 0 aromatic carbocycles. The van der Waals surface area contributed by atoms with Crippen molar-refractivity contribution in [2.75, 3.05) is 0 Å². The summed E-state index contributed by atoms with van der Waals surface area (Å²) in [6, 6.07) is -0.883. The number of imidazole rings is 1. The lowest BCUT2D eigenvalue weighted by atomic mass is 10.3. The largest absolute Gasteiger partial charge is 0.480 e. The predicted molar refractivity (Wildman–Crippen MR) is 62.0 cm³/mol. The van der Waals surface area contributed by atoms with Gasteiger partial charge in [0.05, 0.1) is 12.1 Å². The summed E-state index contributed by atoms with van der Waals surface area (Å²) in [6.45, 7) is 1.42. The summed E-state index contributed by atoms with van der Waals surface area (Å²) >= 11 is 1.48.